The number of nitrogens with one attached hydrogen (secondary N) is 2. The van der Waals surface area contributed by atoms with Gasteiger partial charge in [-0.05, 0) is 49.1 Å². The van der Waals surface area contributed by atoms with Crippen molar-refractivity contribution in [2.45, 2.75) is 33.1 Å². The van der Waals surface area contributed by atoms with Gasteiger partial charge in [0, 0.05) is 17.6 Å². The fourth-order valence-corrected chi connectivity index (χ4v) is 2.37. The molecule has 128 valence electrons. The SMILES string of the molecule is CCCCc1ccc(NC(=O)/C(C#N)=C\Nc2ccccc2C)cc1. The summed E-state index contributed by atoms with van der Waals surface area (Å²) in [5.41, 5.74) is 3.86. The van der Waals surface area contributed by atoms with E-state index in [1.54, 1.807) is 0 Å². The summed E-state index contributed by atoms with van der Waals surface area (Å²) >= 11 is 0. The predicted octanol–water partition coefficient (Wildman–Crippen LogP) is 4.80. The lowest BCUT2D eigenvalue weighted by Crippen LogP contribution is -2.14. The van der Waals surface area contributed by atoms with Crippen LogP contribution in [-0.4, -0.2) is 5.91 Å². The number of anilines is 2. The van der Waals surface area contributed by atoms with Gasteiger partial charge >= 0.3 is 0 Å². The predicted molar refractivity (Wildman–Crippen MR) is 102 cm³/mol. The molecule has 0 radical (unpaired) electrons. The Balaban J connectivity index is 2.01. The monoisotopic (exact) mass is 333 g/mol. The fourth-order valence-electron chi connectivity index (χ4n) is 2.37. The molecule has 0 atom stereocenters. The van der Waals surface area contributed by atoms with E-state index in [1.165, 1.54) is 11.8 Å². The van der Waals surface area contributed by atoms with E-state index in [4.69, 9.17) is 0 Å². The second-order valence-electron chi connectivity index (χ2n) is 5.88. The number of carbonyl (C=O) groups excluding carboxylic acids is 1. The molecule has 2 rings (SSSR count). The topological polar surface area (TPSA) is 64.9 Å². The maximum absolute atomic E-state index is 12.3. The number of unbranched alkanes of at least 4 members (excludes halogenated alkanes) is 1. The zero-order valence-corrected chi connectivity index (χ0v) is 14.7. The summed E-state index contributed by atoms with van der Waals surface area (Å²) in [7, 11) is 0. The van der Waals surface area contributed by atoms with Gasteiger partial charge in [-0.3, -0.25) is 4.79 Å². The van der Waals surface area contributed by atoms with Gasteiger partial charge in [0.1, 0.15) is 11.6 Å². The number of nitriles is 1. The molecule has 0 aliphatic carbocycles. The Morgan fingerprint density at radius 1 is 1.16 bits per heavy atom. The number of carbonyl (C=O) groups is 1. The Kier molecular flexibility index (Phi) is 6.79. The van der Waals surface area contributed by atoms with Crippen LogP contribution in [0.15, 0.2) is 60.3 Å². The first-order valence-corrected chi connectivity index (χ1v) is 8.46. The van der Waals surface area contributed by atoms with E-state index in [2.05, 4.69) is 17.6 Å². The molecule has 0 spiro atoms. The standard InChI is InChI=1S/C21H23N3O/c1-3-4-8-17-10-12-19(13-11-17)24-21(25)18(14-22)15-23-20-9-6-5-7-16(20)2/h5-7,9-13,15,23H,3-4,8H2,1-2H3,(H,24,25)/b18-15-. The van der Waals surface area contributed by atoms with Crippen molar-refractivity contribution in [2.24, 2.45) is 0 Å². The summed E-state index contributed by atoms with van der Waals surface area (Å²) in [6, 6.07) is 17.4. The van der Waals surface area contributed by atoms with Crippen molar-refractivity contribution >= 4 is 17.3 Å². The molecule has 0 heterocycles. The van der Waals surface area contributed by atoms with E-state index in [9.17, 15) is 10.1 Å². The van der Waals surface area contributed by atoms with Crippen LogP contribution in [0.3, 0.4) is 0 Å². The zero-order valence-electron chi connectivity index (χ0n) is 14.7. The summed E-state index contributed by atoms with van der Waals surface area (Å²) in [5, 5.41) is 15.0. The molecule has 25 heavy (non-hydrogen) atoms. The van der Waals surface area contributed by atoms with Crippen molar-refractivity contribution < 1.29 is 4.79 Å². The fraction of sp³-hybridized carbons (Fsp3) is 0.238. The van der Waals surface area contributed by atoms with Gasteiger partial charge in [0.15, 0.2) is 0 Å². The van der Waals surface area contributed by atoms with Crippen LogP contribution < -0.4 is 10.6 Å². The summed E-state index contributed by atoms with van der Waals surface area (Å²) in [4.78, 5) is 12.3. The van der Waals surface area contributed by atoms with E-state index in [-0.39, 0.29) is 5.57 Å². The molecule has 1 amide bonds. The lowest BCUT2D eigenvalue weighted by Gasteiger charge is -2.07. The van der Waals surface area contributed by atoms with Gasteiger partial charge < -0.3 is 10.6 Å². The van der Waals surface area contributed by atoms with Crippen molar-refractivity contribution in [3.63, 3.8) is 0 Å². The summed E-state index contributed by atoms with van der Waals surface area (Å²) < 4.78 is 0. The van der Waals surface area contributed by atoms with Crippen LogP contribution in [-0.2, 0) is 11.2 Å². The highest BCUT2D eigenvalue weighted by Crippen LogP contribution is 2.15. The van der Waals surface area contributed by atoms with Crippen LogP contribution in [0.5, 0.6) is 0 Å². The average Bonchev–Trinajstić information content (AvgIpc) is 2.63. The van der Waals surface area contributed by atoms with Crippen LogP contribution in [0.4, 0.5) is 11.4 Å². The van der Waals surface area contributed by atoms with Crippen molar-refractivity contribution in [1.82, 2.24) is 0 Å². The zero-order chi connectivity index (χ0) is 18.1. The first-order valence-electron chi connectivity index (χ1n) is 8.46. The first-order chi connectivity index (χ1) is 12.1. The highest BCUT2D eigenvalue weighted by atomic mass is 16.1. The summed E-state index contributed by atoms with van der Waals surface area (Å²) in [6.07, 6.45) is 4.78. The lowest BCUT2D eigenvalue weighted by atomic mass is 10.1. The van der Waals surface area contributed by atoms with E-state index < -0.39 is 5.91 Å². The third-order valence-electron chi connectivity index (χ3n) is 3.91. The van der Waals surface area contributed by atoms with Gasteiger partial charge in [0.05, 0.1) is 0 Å². The number of amides is 1. The largest absolute Gasteiger partial charge is 0.360 e. The van der Waals surface area contributed by atoms with E-state index >= 15 is 0 Å². The van der Waals surface area contributed by atoms with Gasteiger partial charge in [-0.2, -0.15) is 5.26 Å². The number of nitrogens with zero attached hydrogens (tertiary/aromatic N) is 1. The van der Waals surface area contributed by atoms with Gasteiger partial charge in [0.2, 0.25) is 0 Å². The van der Waals surface area contributed by atoms with Gasteiger partial charge in [-0.25, -0.2) is 0 Å². The van der Waals surface area contributed by atoms with Crippen molar-refractivity contribution in [1.29, 1.82) is 5.26 Å². The molecule has 0 fully saturated rings. The number of para-hydroxylation sites is 1. The van der Waals surface area contributed by atoms with E-state index in [0.717, 1.165) is 30.5 Å². The average molecular weight is 333 g/mol. The molecule has 0 unspecified atom stereocenters. The van der Waals surface area contributed by atoms with E-state index in [1.807, 2.05) is 61.5 Å². The third-order valence-corrected chi connectivity index (χ3v) is 3.91. The normalized spacial score (nSPS) is 10.8. The molecule has 2 aromatic carbocycles. The van der Waals surface area contributed by atoms with Crippen molar-refractivity contribution in [2.75, 3.05) is 10.6 Å². The Bertz CT molecular complexity index is 786. The molecule has 4 nitrogen and oxygen atoms in total. The number of rotatable bonds is 7. The highest BCUT2D eigenvalue weighted by molar-refractivity contribution is 6.06. The Labute approximate surface area is 149 Å². The maximum atomic E-state index is 12.3. The molecule has 0 aliphatic rings. The van der Waals surface area contributed by atoms with Gasteiger partial charge in [-0.1, -0.05) is 43.7 Å². The van der Waals surface area contributed by atoms with E-state index in [0.29, 0.717) is 5.69 Å². The lowest BCUT2D eigenvalue weighted by molar-refractivity contribution is -0.112. The van der Waals surface area contributed by atoms with Crippen LogP contribution in [0, 0.1) is 18.3 Å². The van der Waals surface area contributed by atoms with Crippen LogP contribution in [0.1, 0.15) is 30.9 Å². The minimum absolute atomic E-state index is 0.0262. The molecular formula is C21H23N3O. The molecule has 0 aliphatic heterocycles. The summed E-state index contributed by atoms with van der Waals surface area (Å²) in [6.45, 7) is 4.12. The Hall–Kier alpha value is -3.06. The quantitative estimate of drug-likeness (QED) is 0.565. The van der Waals surface area contributed by atoms with Gasteiger partial charge in [-0.15, -0.1) is 0 Å². The molecule has 0 bridgehead atoms. The van der Waals surface area contributed by atoms with Crippen molar-refractivity contribution in [3.8, 4) is 6.07 Å². The van der Waals surface area contributed by atoms with Crippen LogP contribution in [0.2, 0.25) is 0 Å². The molecule has 0 saturated heterocycles. The smallest absolute Gasteiger partial charge is 0.267 e. The van der Waals surface area contributed by atoms with Crippen LogP contribution in [0.25, 0.3) is 0 Å². The van der Waals surface area contributed by atoms with Crippen molar-refractivity contribution in [3.05, 3.63) is 71.4 Å². The third kappa shape index (κ3) is 5.50. The molecular weight excluding hydrogens is 310 g/mol. The number of benzene rings is 2. The Morgan fingerprint density at radius 3 is 2.52 bits per heavy atom. The number of hydrogen-bond donors (Lipinski definition) is 2. The molecule has 2 aromatic rings. The molecule has 0 aromatic heterocycles. The molecule has 2 N–H and O–H groups in total. The number of hydrogen-bond acceptors (Lipinski definition) is 3. The molecule has 0 saturated carbocycles. The first kappa shape index (κ1) is 18.3. The maximum Gasteiger partial charge on any atom is 0.267 e. The second kappa shape index (κ2) is 9.29. The minimum Gasteiger partial charge on any atom is -0.360 e. The molecule has 4 heteroatoms. The summed E-state index contributed by atoms with van der Waals surface area (Å²) in [5.74, 6) is -0.426. The van der Waals surface area contributed by atoms with Crippen LogP contribution >= 0.6 is 0 Å². The Morgan fingerprint density at radius 2 is 1.88 bits per heavy atom. The van der Waals surface area contributed by atoms with Gasteiger partial charge in [0.25, 0.3) is 5.91 Å². The highest BCUT2D eigenvalue weighted by Gasteiger charge is 2.09. The second-order valence-corrected chi connectivity index (χ2v) is 5.88. The minimum atomic E-state index is -0.426. The number of aryl methyl sites for hydroxylation is 2.